The molecule has 2 N–H and O–H groups in total. The molecule has 0 spiro atoms. The number of nitrogens with two attached hydrogens (primary N) is 1. The first kappa shape index (κ1) is 9.68. The van der Waals surface area contributed by atoms with Crippen LogP contribution in [0.5, 0.6) is 0 Å². The lowest BCUT2D eigenvalue weighted by atomic mass is 10.1. The molecule has 4 heteroatoms. The van der Waals surface area contributed by atoms with Crippen molar-refractivity contribution in [1.82, 2.24) is 9.78 Å². The predicted molar refractivity (Wildman–Crippen MR) is 54.1 cm³/mol. The fourth-order valence-electron chi connectivity index (χ4n) is 1.78. The van der Waals surface area contributed by atoms with Crippen molar-refractivity contribution in [3.63, 3.8) is 0 Å². The molecule has 0 aliphatic carbocycles. The van der Waals surface area contributed by atoms with Crippen molar-refractivity contribution < 1.29 is 4.74 Å². The van der Waals surface area contributed by atoms with Crippen LogP contribution in [-0.4, -0.2) is 29.0 Å². The quantitative estimate of drug-likeness (QED) is 0.773. The average Bonchev–Trinajstić information content (AvgIpc) is 2.69. The summed E-state index contributed by atoms with van der Waals surface area (Å²) in [6, 6.07) is 0.629. The minimum Gasteiger partial charge on any atom is -0.379 e. The first-order valence-electron chi connectivity index (χ1n) is 5.12. The fourth-order valence-corrected chi connectivity index (χ4v) is 1.78. The molecule has 2 unspecified atom stereocenters. The third-order valence-corrected chi connectivity index (χ3v) is 2.49. The maximum absolute atomic E-state index is 5.73. The van der Waals surface area contributed by atoms with Gasteiger partial charge in [0.2, 0.25) is 0 Å². The Morgan fingerprint density at radius 3 is 3.29 bits per heavy atom. The number of rotatable bonds is 3. The van der Waals surface area contributed by atoms with Crippen LogP contribution in [0.3, 0.4) is 0 Å². The summed E-state index contributed by atoms with van der Waals surface area (Å²) in [6.45, 7) is 3.66. The van der Waals surface area contributed by atoms with Gasteiger partial charge in [-0.1, -0.05) is 0 Å². The van der Waals surface area contributed by atoms with Crippen LogP contribution in [-0.2, 0) is 11.2 Å². The van der Waals surface area contributed by atoms with Crippen molar-refractivity contribution in [1.29, 1.82) is 0 Å². The summed E-state index contributed by atoms with van der Waals surface area (Å²) in [5, 5.41) is 4.33. The van der Waals surface area contributed by atoms with Crippen LogP contribution in [0.4, 0.5) is 0 Å². The van der Waals surface area contributed by atoms with Crippen LogP contribution in [0.15, 0.2) is 12.4 Å². The second-order valence-electron chi connectivity index (χ2n) is 4.03. The van der Waals surface area contributed by atoms with Gasteiger partial charge in [-0.3, -0.25) is 4.68 Å². The molecule has 2 atom stereocenters. The lowest BCUT2D eigenvalue weighted by Gasteiger charge is -2.07. The molecule has 0 aromatic carbocycles. The second kappa shape index (κ2) is 4.11. The number of aromatic nitrogens is 2. The van der Waals surface area contributed by atoms with Gasteiger partial charge in [0.15, 0.2) is 0 Å². The van der Waals surface area contributed by atoms with Crippen LogP contribution >= 0.6 is 0 Å². The van der Waals surface area contributed by atoms with Gasteiger partial charge in [0.05, 0.1) is 18.8 Å². The SMILES string of the molecule is CC(N)Cc1cnn(C2CCOC2)c1. The van der Waals surface area contributed by atoms with Crippen LogP contribution in [0, 0.1) is 0 Å². The van der Waals surface area contributed by atoms with Gasteiger partial charge >= 0.3 is 0 Å². The van der Waals surface area contributed by atoms with Crippen molar-refractivity contribution in [2.45, 2.75) is 31.8 Å². The van der Waals surface area contributed by atoms with Gasteiger partial charge in [-0.15, -0.1) is 0 Å². The Kier molecular flexibility index (Phi) is 2.84. The van der Waals surface area contributed by atoms with E-state index in [-0.39, 0.29) is 6.04 Å². The summed E-state index contributed by atoms with van der Waals surface area (Å²) >= 11 is 0. The molecule has 4 nitrogen and oxygen atoms in total. The highest BCUT2D eigenvalue weighted by atomic mass is 16.5. The summed E-state index contributed by atoms with van der Waals surface area (Å²) in [4.78, 5) is 0. The number of hydrogen-bond acceptors (Lipinski definition) is 3. The lowest BCUT2D eigenvalue weighted by molar-refractivity contribution is 0.184. The van der Waals surface area contributed by atoms with Gasteiger partial charge in [0.25, 0.3) is 0 Å². The molecule has 0 radical (unpaired) electrons. The molecular formula is C10H17N3O. The van der Waals surface area contributed by atoms with E-state index < -0.39 is 0 Å². The summed E-state index contributed by atoms with van der Waals surface area (Å²) in [7, 11) is 0. The van der Waals surface area contributed by atoms with Crippen LogP contribution in [0.1, 0.15) is 24.9 Å². The first-order chi connectivity index (χ1) is 6.75. The minimum absolute atomic E-state index is 0.201. The lowest BCUT2D eigenvalue weighted by Crippen LogP contribution is -2.17. The standard InChI is InChI=1S/C10H17N3O/c1-8(11)4-9-5-12-13(6-9)10-2-3-14-7-10/h5-6,8,10H,2-4,7,11H2,1H3. The third-order valence-electron chi connectivity index (χ3n) is 2.49. The zero-order valence-corrected chi connectivity index (χ0v) is 8.52. The Hall–Kier alpha value is -0.870. The normalized spacial score (nSPS) is 24.0. The minimum atomic E-state index is 0.201. The van der Waals surface area contributed by atoms with E-state index in [4.69, 9.17) is 10.5 Å². The van der Waals surface area contributed by atoms with Crippen molar-refractivity contribution in [3.05, 3.63) is 18.0 Å². The van der Waals surface area contributed by atoms with Crippen LogP contribution < -0.4 is 5.73 Å². The summed E-state index contributed by atoms with van der Waals surface area (Å²) in [5.41, 5.74) is 6.94. The highest BCUT2D eigenvalue weighted by Gasteiger charge is 2.18. The first-order valence-corrected chi connectivity index (χ1v) is 5.12. The van der Waals surface area contributed by atoms with Gasteiger partial charge in [0.1, 0.15) is 0 Å². The molecule has 1 aliphatic rings. The largest absolute Gasteiger partial charge is 0.379 e. The van der Waals surface area contributed by atoms with Crippen LogP contribution in [0.2, 0.25) is 0 Å². The van der Waals surface area contributed by atoms with E-state index in [0.717, 1.165) is 26.1 Å². The molecule has 1 aromatic heterocycles. The molecule has 1 aliphatic heterocycles. The van der Waals surface area contributed by atoms with Gasteiger partial charge in [-0.2, -0.15) is 5.10 Å². The van der Waals surface area contributed by atoms with E-state index in [1.54, 1.807) is 0 Å². The molecular weight excluding hydrogens is 178 g/mol. The molecule has 78 valence electrons. The van der Waals surface area contributed by atoms with Crippen LogP contribution in [0.25, 0.3) is 0 Å². The zero-order chi connectivity index (χ0) is 9.97. The number of hydrogen-bond donors (Lipinski definition) is 1. The second-order valence-corrected chi connectivity index (χ2v) is 4.03. The van der Waals surface area contributed by atoms with E-state index >= 15 is 0 Å². The van der Waals surface area contributed by atoms with E-state index in [1.165, 1.54) is 5.56 Å². The Labute approximate surface area is 84.0 Å². The third kappa shape index (κ3) is 2.13. The maximum atomic E-state index is 5.73. The molecule has 1 aromatic rings. The fraction of sp³-hybridized carbons (Fsp3) is 0.700. The Morgan fingerprint density at radius 1 is 1.79 bits per heavy atom. The summed E-state index contributed by atoms with van der Waals surface area (Å²) in [5.74, 6) is 0. The average molecular weight is 195 g/mol. The number of nitrogens with zero attached hydrogens (tertiary/aromatic N) is 2. The topological polar surface area (TPSA) is 53.1 Å². The van der Waals surface area contributed by atoms with E-state index in [1.807, 2.05) is 17.8 Å². The molecule has 0 bridgehead atoms. The summed E-state index contributed by atoms with van der Waals surface area (Å²) in [6.07, 6.45) is 5.96. The van der Waals surface area contributed by atoms with E-state index in [0.29, 0.717) is 6.04 Å². The van der Waals surface area contributed by atoms with Crippen molar-refractivity contribution in [3.8, 4) is 0 Å². The smallest absolute Gasteiger partial charge is 0.0774 e. The molecule has 1 saturated heterocycles. The molecule has 2 heterocycles. The highest BCUT2D eigenvalue weighted by molar-refractivity contribution is 5.06. The molecule has 0 saturated carbocycles. The molecule has 2 rings (SSSR count). The van der Waals surface area contributed by atoms with Crippen molar-refractivity contribution in [2.24, 2.45) is 5.73 Å². The molecule has 0 amide bonds. The van der Waals surface area contributed by atoms with Gasteiger partial charge in [0, 0.05) is 18.8 Å². The molecule has 1 fully saturated rings. The Morgan fingerprint density at radius 2 is 2.64 bits per heavy atom. The van der Waals surface area contributed by atoms with Gasteiger partial charge < -0.3 is 10.5 Å². The van der Waals surface area contributed by atoms with Crippen molar-refractivity contribution in [2.75, 3.05) is 13.2 Å². The number of ether oxygens (including phenoxy) is 1. The Balaban J connectivity index is 2.01. The zero-order valence-electron chi connectivity index (χ0n) is 8.52. The predicted octanol–water partition coefficient (Wildman–Crippen LogP) is 0.734. The molecule has 14 heavy (non-hydrogen) atoms. The van der Waals surface area contributed by atoms with Gasteiger partial charge in [-0.05, 0) is 25.3 Å². The Bertz CT molecular complexity index is 289. The van der Waals surface area contributed by atoms with E-state index in [2.05, 4.69) is 11.3 Å². The monoisotopic (exact) mass is 195 g/mol. The van der Waals surface area contributed by atoms with Crippen molar-refractivity contribution >= 4 is 0 Å². The summed E-state index contributed by atoms with van der Waals surface area (Å²) < 4.78 is 7.32. The highest BCUT2D eigenvalue weighted by Crippen LogP contribution is 2.18. The van der Waals surface area contributed by atoms with Gasteiger partial charge in [-0.25, -0.2) is 0 Å². The maximum Gasteiger partial charge on any atom is 0.0774 e. The van der Waals surface area contributed by atoms with E-state index in [9.17, 15) is 0 Å².